The van der Waals surface area contributed by atoms with Crippen molar-refractivity contribution in [2.24, 2.45) is 5.92 Å². The van der Waals surface area contributed by atoms with Crippen LogP contribution >= 0.6 is 0 Å². The SMILES string of the molecule is CC1CCNC1C(=O)Nc1cccc(OCC#N)c1. The molecular formula is C14H17N3O2. The second kappa shape index (κ2) is 6.21. The zero-order valence-corrected chi connectivity index (χ0v) is 10.8. The number of nitrogens with zero attached hydrogens (tertiary/aromatic N) is 1. The number of carbonyl (C=O) groups excluding carboxylic acids is 1. The number of carbonyl (C=O) groups is 1. The number of rotatable bonds is 4. The smallest absolute Gasteiger partial charge is 0.241 e. The fourth-order valence-electron chi connectivity index (χ4n) is 2.18. The number of hydrogen-bond acceptors (Lipinski definition) is 4. The topological polar surface area (TPSA) is 74.2 Å². The van der Waals surface area contributed by atoms with Crippen LogP contribution in [0.2, 0.25) is 0 Å². The summed E-state index contributed by atoms with van der Waals surface area (Å²) < 4.78 is 5.20. The highest BCUT2D eigenvalue weighted by Crippen LogP contribution is 2.20. The van der Waals surface area contributed by atoms with Crippen LogP contribution in [0.4, 0.5) is 5.69 Å². The molecular weight excluding hydrogens is 242 g/mol. The third kappa shape index (κ3) is 3.46. The highest BCUT2D eigenvalue weighted by molar-refractivity contribution is 5.95. The molecule has 0 aromatic heterocycles. The Morgan fingerprint density at radius 2 is 2.47 bits per heavy atom. The van der Waals surface area contributed by atoms with E-state index in [2.05, 4.69) is 17.6 Å². The predicted molar refractivity (Wildman–Crippen MR) is 71.8 cm³/mol. The van der Waals surface area contributed by atoms with Gasteiger partial charge >= 0.3 is 0 Å². The summed E-state index contributed by atoms with van der Waals surface area (Å²) in [6, 6.07) is 8.83. The molecule has 0 aliphatic carbocycles. The Hall–Kier alpha value is -2.06. The maximum absolute atomic E-state index is 12.1. The molecule has 0 radical (unpaired) electrons. The minimum absolute atomic E-state index is 0.00137. The van der Waals surface area contributed by atoms with Crippen molar-refractivity contribution in [2.75, 3.05) is 18.5 Å². The van der Waals surface area contributed by atoms with Gasteiger partial charge < -0.3 is 15.4 Å². The summed E-state index contributed by atoms with van der Waals surface area (Å²) in [4.78, 5) is 12.1. The third-order valence-electron chi connectivity index (χ3n) is 3.22. The van der Waals surface area contributed by atoms with Gasteiger partial charge in [-0.05, 0) is 31.0 Å². The van der Waals surface area contributed by atoms with Gasteiger partial charge in [-0.1, -0.05) is 13.0 Å². The van der Waals surface area contributed by atoms with Crippen LogP contribution in [-0.4, -0.2) is 25.1 Å². The highest BCUT2D eigenvalue weighted by atomic mass is 16.5. The molecule has 0 bridgehead atoms. The van der Waals surface area contributed by atoms with Crippen molar-refractivity contribution in [1.29, 1.82) is 5.26 Å². The average Bonchev–Trinajstić information content (AvgIpc) is 2.83. The van der Waals surface area contributed by atoms with Gasteiger partial charge in [0.2, 0.25) is 5.91 Å². The normalized spacial score (nSPS) is 21.7. The van der Waals surface area contributed by atoms with Crippen LogP contribution in [0.15, 0.2) is 24.3 Å². The molecule has 19 heavy (non-hydrogen) atoms. The first-order valence-corrected chi connectivity index (χ1v) is 6.35. The van der Waals surface area contributed by atoms with Gasteiger partial charge in [-0.15, -0.1) is 0 Å². The van der Waals surface area contributed by atoms with E-state index < -0.39 is 0 Å². The summed E-state index contributed by atoms with van der Waals surface area (Å²) in [6.45, 7) is 2.94. The van der Waals surface area contributed by atoms with Crippen LogP contribution in [0.25, 0.3) is 0 Å². The second-order valence-corrected chi connectivity index (χ2v) is 4.66. The molecule has 0 saturated carbocycles. The lowest BCUT2D eigenvalue weighted by atomic mass is 10.0. The molecule has 2 rings (SSSR count). The Bertz CT molecular complexity index is 496. The van der Waals surface area contributed by atoms with E-state index in [-0.39, 0.29) is 18.6 Å². The van der Waals surface area contributed by atoms with E-state index in [0.29, 0.717) is 17.4 Å². The van der Waals surface area contributed by atoms with Gasteiger partial charge in [-0.25, -0.2) is 0 Å². The van der Waals surface area contributed by atoms with Crippen molar-refractivity contribution in [1.82, 2.24) is 5.32 Å². The third-order valence-corrected chi connectivity index (χ3v) is 3.22. The van der Waals surface area contributed by atoms with Crippen molar-refractivity contribution in [3.05, 3.63) is 24.3 Å². The van der Waals surface area contributed by atoms with E-state index in [4.69, 9.17) is 10.00 Å². The summed E-state index contributed by atoms with van der Waals surface area (Å²) in [7, 11) is 0. The minimum Gasteiger partial charge on any atom is -0.479 e. The fraction of sp³-hybridized carbons (Fsp3) is 0.429. The average molecular weight is 259 g/mol. The molecule has 1 saturated heterocycles. The molecule has 1 fully saturated rings. The van der Waals surface area contributed by atoms with Crippen LogP contribution < -0.4 is 15.4 Å². The highest BCUT2D eigenvalue weighted by Gasteiger charge is 2.29. The van der Waals surface area contributed by atoms with E-state index in [1.54, 1.807) is 24.3 Å². The summed E-state index contributed by atoms with van der Waals surface area (Å²) in [5.41, 5.74) is 0.682. The molecule has 1 aromatic rings. The largest absolute Gasteiger partial charge is 0.479 e. The number of nitrogens with one attached hydrogen (secondary N) is 2. The number of anilines is 1. The van der Waals surface area contributed by atoms with E-state index >= 15 is 0 Å². The lowest BCUT2D eigenvalue weighted by Crippen LogP contribution is -2.39. The zero-order chi connectivity index (χ0) is 13.7. The first-order chi connectivity index (χ1) is 9.20. The van der Waals surface area contributed by atoms with Crippen molar-refractivity contribution in [3.63, 3.8) is 0 Å². The van der Waals surface area contributed by atoms with E-state index in [1.807, 2.05) is 6.07 Å². The van der Waals surface area contributed by atoms with E-state index in [0.717, 1.165) is 13.0 Å². The second-order valence-electron chi connectivity index (χ2n) is 4.66. The molecule has 2 atom stereocenters. The minimum atomic E-state index is -0.135. The maximum Gasteiger partial charge on any atom is 0.241 e. The van der Waals surface area contributed by atoms with Gasteiger partial charge in [-0.3, -0.25) is 4.79 Å². The number of hydrogen-bond donors (Lipinski definition) is 2. The van der Waals surface area contributed by atoms with Gasteiger partial charge in [0.1, 0.15) is 11.8 Å². The molecule has 1 aliphatic heterocycles. The van der Waals surface area contributed by atoms with Crippen molar-refractivity contribution in [3.8, 4) is 11.8 Å². The Morgan fingerprint density at radius 1 is 1.63 bits per heavy atom. The summed E-state index contributed by atoms with van der Waals surface area (Å²) >= 11 is 0. The fourth-order valence-corrected chi connectivity index (χ4v) is 2.18. The van der Waals surface area contributed by atoms with Gasteiger partial charge in [0, 0.05) is 11.8 Å². The van der Waals surface area contributed by atoms with Gasteiger partial charge in [0.15, 0.2) is 6.61 Å². The molecule has 1 aromatic carbocycles. The molecule has 5 heteroatoms. The molecule has 1 heterocycles. The predicted octanol–water partition coefficient (Wildman–Crippen LogP) is 1.53. The molecule has 0 spiro atoms. The zero-order valence-electron chi connectivity index (χ0n) is 10.8. The first-order valence-electron chi connectivity index (χ1n) is 6.35. The van der Waals surface area contributed by atoms with Gasteiger partial charge in [0.05, 0.1) is 6.04 Å². The summed E-state index contributed by atoms with van der Waals surface area (Å²) in [5.74, 6) is 0.896. The summed E-state index contributed by atoms with van der Waals surface area (Å²) in [6.07, 6.45) is 1.02. The maximum atomic E-state index is 12.1. The Balaban J connectivity index is 1.98. The number of nitriles is 1. The molecule has 1 aliphatic rings. The number of ether oxygens (including phenoxy) is 1. The van der Waals surface area contributed by atoms with Crippen LogP contribution in [0, 0.1) is 17.2 Å². The van der Waals surface area contributed by atoms with Gasteiger partial charge in [0.25, 0.3) is 0 Å². The van der Waals surface area contributed by atoms with Crippen LogP contribution in [0.3, 0.4) is 0 Å². The van der Waals surface area contributed by atoms with Crippen LogP contribution in [-0.2, 0) is 4.79 Å². The molecule has 2 N–H and O–H groups in total. The van der Waals surface area contributed by atoms with Crippen molar-refractivity contribution >= 4 is 11.6 Å². The van der Waals surface area contributed by atoms with E-state index in [9.17, 15) is 4.79 Å². The van der Waals surface area contributed by atoms with E-state index in [1.165, 1.54) is 0 Å². The Kier molecular flexibility index (Phi) is 4.37. The van der Waals surface area contributed by atoms with Crippen molar-refractivity contribution < 1.29 is 9.53 Å². The summed E-state index contributed by atoms with van der Waals surface area (Å²) in [5, 5.41) is 14.5. The Morgan fingerprint density at radius 3 is 3.16 bits per heavy atom. The standard InChI is InChI=1S/C14H17N3O2/c1-10-5-7-16-13(10)14(18)17-11-3-2-4-12(9-11)19-8-6-15/h2-4,9-10,13,16H,5,7-8H2,1H3,(H,17,18). The molecule has 5 nitrogen and oxygen atoms in total. The molecule has 1 amide bonds. The van der Waals surface area contributed by atoms with Crippen molar-refractivity contribution in [2.45, 2.75) is 19.4 Å². The van der Waals surface area contributed by atoms with Gasteiger partial charge in [-0.2, -0.15) is 5.26 Å². The quantitative estimate of drug-likeness (QED) is 0.860. The number of amides is 1. The Labute approximate surface area is 112 Å². The lowest BCUT2D eigenvalue weighted by molar-refractivity contribution is -0.118. The molecule has 2 unspecified atom stereocenters. The first kappa shape index (κ1) is 13.4. The van der Waals surface area contributed by atoms with Crippen LogP contribution in [0.1, 0.15) is 13.3 Å². The molecule has 100 valence electrons. The number of benzene rings is 1. The lowest BCUT2D eigenvalue weighted by Gasteiger charge is -2.15. The van der Waals surface area contributed by atoms with Crippen LogP contribution in [0.5, 0.6) is 5.75 Å². The monoisotopic (exact) mass is 259 g/mol.